The number of nitrogens with two attached hydrogens (primary N) is 1. The first-order valence-corrected chi connectivity index (χ1v) is 11.3. The zero-order chi connectivity index (χ0) is 26.4. The summed E-state index contributed by atoms with van der Waals surface area (Å²) in [5, 5.41) is 2.64. The molecule has 0 fully saturated rings. The molecular formula is C25H33F3N2O5. The molecule has 0 bridgehead atoms. The highest BCUT2D eigenvalue weighted by atomic mass is 19.1. The predicted octanol–water partition coefficient (Wildman–Crippen LogP) is 5.41. The minimum Gasteiger partial charge on any atom is -0.480 e. The summed E-state index contributed by atoms with van der Waals surface area (Å²) in [5.41, 5.74) is 4.54. The number of allylic oxidation sites excluding steroid dienone is 3. The van der Waals surface area contributed by atoms with E-state index in [4.69, 9.17) is 15.2 Å². The summed E-state index contributed by atoms with van der Waals surface area (Å²) >= 11 is 0. The van der Waals surface area contributed by atoms with Crippen LogP contribution in [0.2, 0.25) is 0 Å². The van der Waals surface area contributed by atoms with Gasteiger partial charge < -0.3 is 20.5 Å². The van der Waals surface area contributed by atoms with Crippen LogP contribution in [0.15, 0.2) is 47.8 Å². The standard InChI is InChI=1S/C18H27F2NO4.C7H6FNO/c1-18(2,3)25-17(23)21-11-6-4-5-8-13(22)12-24-16-14(19)9-7-10-15(16)20;8-6-3-1-2-5(4-6)7(9)10/h9H,4-8,10-12H2,1-3H3,(H,21,23);1-4H,(H2,9,10). The second-order valence-electron chi connectivity index (χ2n) is 8.77. The Balaban J connectivity index is 0.000000507. The van der Waals surface area contributed by atoms with Crippen molar-refractivity contribution in [3.05, 3.63) is 59.1 Å². The van der Waals surface area contributed by atoms with Gasteiger partial charge >= 0.3 is 6.09 Å². The third-order valence-corrected chi connectivity index (χ3v) is 4.44. The van der Waals surface area contributed by atoms with Gasteiger partial charge in [0.25, 0.3) is 0 Å². The van der Waals surface area contributed by atoms with E-state index >= 15 is 0 Å². The molecule has 35 heavy (non-hydrogen) atoms. The SMILES string of the molecule is CC(C)(C)OC(=O)NCCCCCC(=O)COC1=C(F)CCC=C1F.NC(=O)c1cccc(F)c1. The summed E-state index contributed by atoms with van der Waals surface area (Å²) < 4.78 is 49.2. The third-order valence-electron chi connectivity index (χ3n) is 4.44. The molecule has 1 aliphatic carbocycles. The first-order chi connectivity index (χ1) is 16.4. The van der Waals surface area contributed by atoms with Crippen molar-refractivity contribution in [3.63, 3.8) is 0 Å². The van der Waals surface area contributed by atoms with Crippen molar-refractivity contribution in [1.29, 1.82) is 0 Å². The van der Waals surface area contributed by atoms with E-state index in [-0.39, 0.29) is 30.8 Å². The number of benzene rings is 1. The number of rotatable bonds is 10. The molecule has 0 atom stereocenters. The lowest BCUT2D eigenvalue weighted by Gasteiger charge is -2.19. The molecule has 2 amide bonds. The largest absolute Gasteiger partial charge is 0.480 e. The van der Waals surface area contributed by atoms with Crippen LogP contribution in [-0.2, 0) is 14.3 Å². The van der Waals surface area contributed by atoms with Gasteiger partial charge in [-0.2, -0.15) is 0 Å². The fourth-order valence-electron chi connectivity index (χ4n) is 2.80. The van der Waals surface area contributed by atoms with Gasteiger partial charge in [-0.05, 0) is 64.3 Å². The summed E-state index contributed by atoms with van der Waals surface area (Å²) in [7, 11) is 0. The molecule has 1 aromatic rings. The average molecular weight is 499 g/mol. The number of carbonyl (C=O) groups is 3. The number of carbonyl (C=O) groups excluding carboxylic acids is 3. The second kappa shape index (κ2) is 14.9. The van der Waals surface area contributed by atoms with E-state index in [0.29, 0.717) is 25.8 Å². The van der Waals surface area contributed by atoms with E-state index in [9.17, 15) is 27.6 Å². The number of ketones is 1. The van der Waals surface area contributed by atoms with E-state index in [2.05, 4.69) is 5.32 Å². The molecule has 194 valence electrons. The van der Waals surface area contributed by atoms with Gasteiger partial charge in [0.2, 0.25) is 5.91 Å². The lowest BCUT2D eigenvalue weighted by Crippen LogP contribution is -2.33. The van der Waals surface area contributed by atoms with E-state index in [1.54, 1.807) is 20.8 Å². The smallest absolute Gasteiger partial charge is 0.407 e. The quantitative estimate of drug-likeness (QED) is 0.420. The van der Waals surface area contributed by atoms with Crippen LogP contribution in [0, 0.1) is 5.82 Å². The molecule has 7 nitrogen and oxygen atoms in total. The van der Waals surface area contributed by atoms with Crippen LogP contribution in [0.25, 0.3) is 0 Å². The highest BCUT2D eigenvalue weighted by molar-refractivity contribution is 5.92. The Morgan fingerprint density at radius 1 is 1.09 bits per heavy atom. The first-order valence-electron chi connectivity index (χ1n) is 11.3. The number of alkyl carbamates (subject to hydrolysis) is 1. The minimum absolute atomic E-state index is 0.0988. The van der Waals surface area contributed by atoms with E-state index in [0.717, 1.165) is 12.5 Å². The molecule has 10 heteroatoms. The second-order valence-corrected chi connectivity index (χ2v) is 8.77. The Hall–Kier alpha value is -3.30. The normalized spacial score (nSPS) is 13.3. The Morgan fingerprint density at radius 2 is 1.80 bits per heavy atom. The fourth-order valence-corrected chi connectivity index (χ4v) is 2.80. The molecule has 0 unspecified atom stereocenters. The van der Waals surface area contributed by atoms with Crippen molar-refractivity contribution in [2.75, 3.05) is 13.2 Å². The molecule has 2 rings (SSSR count). The van der Waals surface area contributed by atoms with Gasteiger partial charge in [-0.25, -0.2) is 18.0 Å². The zero-order valence-corrected chi connectivity index (χ0v) is 20.3. The van der Waals surface area contributed by atoms with Gasteiger partial charge in [-0.3, -0.25) is 9.59 Å². The number of Topliss-reactive ketones (excluding diaryl/α,β-unsaturated/α-hetero) is 1. The predicted molar refractivity (Wildman–Crippen MR) is 125 cm³/mol. The van der Waals surface area contributed by atoms with Crippen LogP contribution >= 0.6 is 0 Å². The first kappa shape index (κ1) is 29.7. The van der Waals surface area contributed by atoms with Crippen LogP contribution in [-0.4, -0.2) is 36.5 Å². The molecule has 3 N–H and O–H groups in total. The van der Waals surface area contributed by atoms with Crippen molar-refractivity contribution < 1.29 is 37.0 Å². The minimum atomic E-state index is -0.746. The molecular weight excluding hydrogens is 465 g/mol. The van der Waals surface area contributed by atoms with Gasteiger partial charge in [-0.15, -0.1) is 0 Å². The zero-order valence-electron chi connectivity index (χ0n) is 20.3. The number of primary amides is 1. The van der Waals surface area contributed by atoms with Gasteiger partial charge in [0.1, 0.15) is 23.9 Å². The van der Waals surface area contributed by atoms with Crippen LogP contribution in [0.1, 0.15) is 69.7 Å². The maximum atomic E-state index is 13.4. The molecule has 0 spiro atoms. The van der Waals surface area contributed by atoms with Crippen molar-refractivity contribution in [2.45, 2.75) is 64.9 Å². The molecule has 0 heterocycles. The van der Waals surface area contributed by atoms with Gasteiger partial charge in [0.15, 0.2) is 17.4 Å². The number of unbranched alkanes of at least 4 members (excludes halogenated alkanes) is 2. The highest BCUT2D eigenvalue weighted by Gasteiger charge is 2.19. The van der Waals surface area contributed by atoms with Crippen LogP contribution in [0.3, 0.4) is 0 Å². The summed E-state index contributed by atoms with van der Waals surface area (Å²) in [6.45, 7) is 5.50. The van der Waals surface area contributed by atoms with Crippen LogP contribution < -0.4 is 11.1 Å². The summed E-state index contributed by atoms with van der Waals surface area (Å²) in [6.07, 6.45) is 3.54. The molecule has 0 aromatic heterocycles. The topological polar surface area (TPSA) is 108 Å². The molecule has 0 saturated carbocycles. The Bertz CT molecular complexity index is 939. The Morgan fingerprint density at radius 3 is 2.37 bits per heavy atom. The maximum absolute atomic E-state index is 13.4. The number of ether oxygens (including phenoxy) is 2. The molecule has 1 aliphatic rings. The maximum Gasteiger partial charge on any atom is 0.407 e. The third kappa shape index (κ3) is 13.2. The van der Waals surface area contributed by atoms with E-state index < -0.39 is 40.8 Å². The molecule has 0 saturated heterocycles. The van der Waals surface area contributed by atoms with Crippen molar-refractivity contribution in [3.8, 4) is 0 Å². The monoisotopic (exact) mass is 498 g/mol. The summed E-state index contributed by atoms with van der Waals surface area (Å²) in [6, 6.07) is 5.26. The van der Waals surface area contributed by atoms with Crippen molar-refractivity contribution in [2.24, 2.45) is 5.73 Å². The van der Waals surface area contributed by atoms with Crippen molar-refractivity contribution >= 4 is 17.8 Å². The number of halogens is 3. The average Bonchev–Trinajstić information content (AvgIpc) is 2.75. The Kier molecular flexibility index (Phi) is 12.6. The van der Waals surface area contributed by atoms with Crippen molar-refractivity contribution in [1.82, 2.24) is 5.32 Å². The number of hydrogen-bond donors (Lipinski definition) is 2. The lowest BCUT2D eigenvalue weighted by atomic mass is 10.1. The number of amides is 2. The molecule has 0 radical (unpaired) electrons. The summed E-state index contributed by atoms with van der Waals surface area (Å²) in [5.74, 6) is -3.11. The van der Waals surface area contributed by atoms with Gasteiger partial charge in [0, 0.05) is 24.9 Å². The highest BCUT2D eigenvalue weighted by Crippen LogP contribution is 2.27. The van der Waals surface area contributed by atoms with Crippen LogP contribution in [0.4, 0.5) is 18.0 Å². The fraction of sp³-hybridized carbons (Fsp3) is 0.480. The van der Waals surface area contributed by atoms with Gasteiger partial charge in [0.05, 0.1) is 0 Å². The van der Waals surface area contributed by atoms with Crippen LogP contribution in [0.5, 0.6) is 0 Å². The van der Waals surface area contributed by atoms with E-state index in [1.807, 2.05) is 0 Å². The summed E-state index contributed by atoms with van der Waals surface area (Å²) in [4.78, 5) is 33.5. The Labute approximate surface area is 203 Å². The lowest BCUT2D eigenvalue weighted by molar-refractivity contribution is -0.122. The van der Waals surface area contributed by atoms with E-state index in [1.165, 1.54) is 24.3 Å². The molecule has 1 aromatic carbocycles. The van der Waals surface area contributed by atoms with Gasteiger partial charge in [-0.1, -0.05) is 12.5 Å². The number of nitrogens with one attached hydrogen (secondary N) is 1. The number of hydrogen-bond acceptors (Lipinski definition) is 5. The molecule has 0 aliphatic heterocycles.